The van der Waals surface area contributed by atoms with Gasteiger partial charge >= 0.3 is 0 Å². The minimum atomic E-state index is -0.178. The Morgan fingerprint density at radius 2 is 1.89 bits per heavy atom. The van der Waals surface area contributed by atoms with E-state index in [1.54, 1.807) is 23.1 Å². The predicted octanol–water partition coefficient (Wildman–Crippen LogP) is 5.12. The zero-order valence-corrected chi connectivity index (χ0v) is 21.1. The van der Waals surface area contributed by atoms with E-state index >= 15 is 0 Å². The van der Waals surface area contributed by atoms with Gasteiger partial charge < -0.3 is 16.1 Å². The number of ether oxygens (including phenoxy) is 1. The van der Waals surface area contributed by atoms with Crippen molar-refractivity contribution in [3.63, 3.8) is 0 Å². The van der Waals surface area contributed by atoms with Gasteiger partial charge in [-0.25, -0.2) is 4.39 Å². The Hall–Kier alpha value is -1.15. The largest absolute Gasteiger partial charge is 0.410 e. The van der Waals surface area contributed by atoms with Gasteiger partial charge in [0.1, 0.15) is 5.82 Å². The molecule has 28 heavy (non-hydrogen) atoms. The Bertz CT molecular complexity index is 612. The molecule has 152 valence electrons. The number of hydrogen-bond acceptors (Lipinski definition) is 2. The summed E-state index contributed by atoms with van der Waals surface area (Å²) in [6.45, 7) is 13.3. The monoisotopic (exact) mass is 610 g/mol. The molecule has 5 heteroatoms. The molecule has 0 bridgehead atoms. The smallest absolute Gasteiger partial charge is 0.210 e. The molecule has 0 unspecified atom stereocenters. The predicted molar refractivity (Wildman–Crippen MR) is 110 cm³/mol. The number of allylic oxidation sites excluding steroid dienone is 1. The molecule has 1 fully saturated rings. The van der Waals surface area contributed by atoms with E-state index in [2.05, 4.69) is 26.5 Å². The van der Waals surface area contributed by atoms with Crippen LogP contribution in [0.1, 0.15) is 33.1 Å². The van der Waals surface area contributed by atoms with Crippen LogP contribution in [0.4, 0.5) is 4.39 Å². The number of carbonyl (C=O) groups is 1. The number of amides is 1. The van der Waals surface area contributed by atoms with Gasteiger partial charge in [-0.2, -0.15) is 6.42 Å². The third-order valence-electron chi connectivity index (χ3n) is 4.57. The molecule has 1 aromatic carbocycles. The zero-order valence-electron chi connectivity index (χ0n) is 16.9. The molecular weight excluding hydrogens is 579 g/mol. The second-order valence-electron chi connectivity index (χ2n) is 6.46. The number of rotatable bonds is 3. The van der Waals surface area contributed by atoms with Crippen molar-refractivity contribution >= 4 is 6.41 Å². The van der Waals surface area contributed by atoms with Crippen molar-refractivity contribution in [3.05, 3.63) is 79.0 Å². The molecule has 3 nitrogen and oxygen atoms in total. The summed E-state index contributed by atoms with van der Waals surface area (Å²) in [7, 11) is 0. The molecule has 2 atom stereocenters. The number of halogens is 1. The van der Waals surface area contributed by atoms with E-state index in [1.165, 1.54) is 30.5 Å². The fourth-order valence-corrected chi connectivity index (χ4v) is 2.87. The van der Waals surface area contributed by atoms with Crippen LogP contribution in [-0.2, 0) is 9.53 Å². The first-order valence-corrected chi connectivity index (χ1v) is 9.36. The van der Waals surface area contributed by atoms with Crippen LogP contribution in [0, 0.1) is 43.4 Å². The van der Waals surface area contributed by atoms with Gasteiger partial charge in [-0.05, 0) is 43.5 Å². The molecule has 1 saturated heterocycles. The van der Waals surface area contributed by atoms with E-state index in [1.807, 2.05) is 19.1 Å². The van der Waals surface area contributed by atoms with Gasteiger partial charge in [-0.1, -0.05) is 56.5 Å². The number of carbonyl (C=O) groups excluding carboxylic acids is 1. The van der Waals surface area contributed by atoms with E-state index in [0.717, 1.165) is 31.6 Å². The molecular formula is C23H31FNO2U-. The molecule has 1 amide bonds. The summed E-state index contributed by atoms with van der Waals surface area (Å²) in [6.07, 6.45) is 10.6. The second-order valence-corrected chi connectivity index (χ2v) is 6.46. The van der Waals surface area contributed by atoms with Crippen molar-refractivity contribution in [2.75, 3.05) is 13.2 Å². The normalized spacial score (nSPS) is 21.0. The van der Waals surface area contributed by atoms with Crippen molar-refractivity contribution in [1.29, 1.82) is 0 Å². The molecule has 0 saturated carbocycles. The van der Waals surface area contributed by atoms with Gasteiger partial charge in [0, 0.05) is 43.8 Å². The Morgan fingerprint density at radius 1 is 1.21 bits per heavy atom. The first kappa shape index (κ1) is 26.9. The van der Waals surface area contributed by atoms with Gasteiger partial charge in [0.2, 0.25) is 6.41 Å². The fraction of sp³-hybridized carbons (Fsp3) is 0.391. The quantitative estimate of drug-likeness (QED) is 0.352. The van der Waals surface area contributed by atoms with Crippen LogP contribution in [0.5, 0.6) is 0 Å². The Morgan fingerprint density at radius 3 is 2.25 bits per heavy atom. The van der Waals surface area contributed by atoms with Crippen LogP contribution in [0.15, 0.2) is 66.8 Å². The molecule has 3 rings (SSSR count). The summed E-state index contributed by atoms with van der Waals surface area (Å²) in [4.78, 5) is 12.5. The molecule has 0 N–H and O–H groups in total. The second kappa shape index (κ2) is 15.7. The van der Waals surface area contributed by atoms with Crippen LogP contribution in [0.2, 0.25) is 0 Å². The van der Waals surface area contributed by atoms with E-state index in [0.29, 0.717) is 6.10 Å². The van der Waals surface area contributed by atoms with Crippen LogP contribution in [-0.4, -0.2) is 36.6 Å². The third-order valence-corrected chi connectivity index (χ3v) is 4.57. The average Bonchev–Trinajstić information content (AvgIpc) is 2.70. The average molecular weight is 611 g/mol. The van der Waals surface area contributed by atoms with Crippen LogP contribution >= 0.6 is 0 Å². The molecule has 2 heterocycles. The van der Waals surface area contributed by atoms with Crippen molar-refractivity contribution in [2.24, 2.45) is 0 Å². The minimum absolute atomic E-state index is 0. The summed E-state index contributed by atoms with van der Waals surface area (Å²) in [5, 5.41) is 0. The maximum atomic E-state index is 11.9. The zero-order chi connectivity index (χ0) is 20.1. The summed E-state index contributed by atoms with van der Waals surface area (Å²) in [5.41, 5.74) is 2.33. The van der Waals surface area contributed by atoms with Crippen molar-refractivity contribution in [1.82, 2.24) is 4.90 Å². The van der Waals surface area contributed by atoms with Gasteiger partial charge in [-0.3, -0.25) is 4.79 Å². The topological polar surface area (TPSA) is 29.5 Å². The summed E-state index contributed by atoms with van der Waals surface area (Å²) in [6, 6.07) is 8.07. The summed E-state index contributed by atoms with van der Waals surface area (Å²) in [5.74, 6) is -0.178. The molecule has 0 spiro atoms. The Balaban J connectivity index is 0.000000414. The van der Waals surface area contributed by atoms with E-state index in [9.17, 15) is 9.18 Å². The minimum Gasteiger partial charge on any atom is -0.410 e. The van der Waals surface area contributed by atoms with Crippen molar-refractivity contribution in [2.45, 2.75) is 45.3 Å². The molecule has 0 aliphatic carbocycles. The SMILES string of the molecule is C=CC1=C(C=C)[C@H](C)N(C=O)CC1.C[C@H]1CC[CH-]CO1.Fc1ccccc1.[U]. The molecule has 0 radical (unpaired) electrons. The number of nitrogens with zero attached hydrogens (tertiary/aromatic N) is 1. The molecule has 2 aliphatic heterocycles. The first-order chi connectivity index (χ1) is 13.0. The maximum absolute atomic E-state index is 11.9. The first-order valence-electron chi connectivity index (χ1n) is 9.36. The van der Waals surface area contributed by atoms with Crippen LogP contribution in [0.25, 0.3) is 0 Å². The van der Waals surface area contributed by atoms with Gasteiger partial charge in [0.25, 0.3) is 0 Å². The van der Waals surface area contributed by atoms with Gasteiger partial charge in [-0.15, -0.1) is 0 Å². The Labute approximate surface area is 193 Å². The maximum Gasteiger partial charge on any atom is 0.210 e. The summed E-state index contributed by atoms with van der Waals surface area (Å²) >= 11 is 0. The standard InChI is InChI=1S/C11H15NO.C6H5F.C6H11O.U/c1-4-10-6-7-12(8-13)9(3)11(10)5-2;7-6-4-2-1-3-5-6;1-6-4-2-3-5-7-6;/h4-5,8-9H,1-2,6-7H2,3H3;1-5H;3,6H,2,4-5H2,1H3;/q;;-1;/t9-;;6-;/m0.0./s1. The summed E-state index contributed by atoms with van der Waals surface area (Å²) < 4.78 is 17.1. The van der Waals surface area contributed by atoms with Gasteiger partial charge in [0.15, 0.2) is 0 Å². The molecule has 0 aromatic heterocycles. The van der Waals surface area contributed by atoms with Crippen LogP contribution in [0.3, 0.4) is 0 Å². The number of hydrogen-bond donors (Lipinski definition) is 0. The molecule has 1 aromatic rings. The fourth-order valence-electron chi connectivity index (χ4n) is 2.87. The molecule has 2 aliphatic rings. The van der Waals surface area contributed by atoms with Crippen molar-refractivity contribution in [3.8, 4) is 0 Å². The Kier molecular flexibility index (Phi) is 15.1. The van der Waals surface area contributed by atoms with Crippen LogP contribution < -0.4 is 0 Å². The van der Waals surface area contributed by atoms with Gasteiger partial charge in [0.05, 0.1) is 6.04 Å². The van der Waals surface area contributed by atoms with E-state index in [4.69, 9.17) is 4.74 Å². The third kappa shape index (κ3) is 9.87. The van der Waals surface area contributed by atoms with Crippen molar-refractivity contribution < 1.29 is 45.0 Å². The van der Waals surface area contributed by atoms with E-state index in [-0.39, 0.29) is 43.0 Å². The van der Waals surface area contributed by atoms with E-state index < -0.39 is 0 Å². The number of benzene rings is 1.